The quantitative estimate of drug-likeness (QED) is 0.650. The predicted molar refractivity (Wildman–Crippen MR) is 72.5 cm³/mol. The second-order valence-corrected chi connectivity index (χ2v) is 5.40. The molecule has 8 heteroatoms. The molecule has 102 valence electrons. The van der Waals surface area contributed by atoms with Gasteiger partial charge in [-0.1, -0.05) is 23.4 Å². The van der Waals surface area contributed by atoms with Gasteiger partial charge in [-0.25, -0.2) is 5.53 Å². The van der Waals surface area contributed by atoms with Crippen LogP contribution in [0.5, 0.6) is 0 Å². The van der Waals surface area contributed by atoms with Crippen molar-refractivity contribution in [2.75, 3.05) is 0 Å². The van der Waals surface area contributed by atoms with Crippen LogP contribution in [0.1, 0.15) is 0 Å². The van der Waals surface area contributed by atoms with E-state index in [4.69, 9.17) is 5.53 Å². The molecule has 0 radical (unpaired) electrons. The monoisotopic (exact) mass is 289 g/mol. The van der Waals surface area contributed by atoms with E-state index < -0.39 is 10.0 Å². The topological polar surface area (TPSA) is 107 Å². The summed E-state index contributed by atoms with van der Waals surface area (Å²) in [7, 11) is -3.77. The molecule has 0 bridgehead atoms. The van der Waals surface area contributed by atoms with Crippen molar-refractivity contribution >= 4 is 21.4 Å². The van der Waals surface area contributed by atoms with Gasteiger partial charge in [-0.2, -0.15) is 18.4 Å². The molecule has 0 atom stereocenters. The van der Waals surface area contributed by atoms with Gasteiger partial charge in [-0.15, -0.1) is 5.11 Å². The molecular formula is C12H11N5O2S. The molecule has 0 aliphatic heterocycles. The maximum absolute atomic E-state index is 11.9. The van der Waals surface area contributed by atoms with Gasteiger partial charge in [-0.3, -0.25) is 0 Å². The van der Waals surface area contributed by atoms with Crippen molar-refractivity contribution < 1.29 is 8.42 Å². The van der Waals surface area contributed by atoms with Crippen LogP contribution >= 0.6 is 0 Å². The summed E-state index contributed by atoms with van der Waals surface area (Å²) >= 11 is 0. The highest BCUT2D eigenvalue weighted by Crippen LogP contribution is 2.16. The average molecular weight is 289 g/mol. The summed E-state index contributed by atoms with van der Waals surface area (Å²) in [6.45, 7) is 0. The van der Waals surface area contributed by atoms with E-state index in [2.05, 4.69) is 15.5 Å². The summed E-state index contributed by atoms with van der Waals surface area (Å²) in [6, 6.07) is 14.3. The van der Waals surface area contributed by atoms with E-state index in [0.29, 0.717) is 11.4 Å². The van der Waals surface area contributed by atoms with Crippen LogP contribution in [0.4, 0.5) is 11.4 Å². The number of benzene rings is 2. The molecule has 0 fully saturated rings. The van der Waals surface area contributed by atoms with E-state index in [1.807, 2.05) is 10.9 Å². The minimum Gasteiger partial charge on any atom is -0.204 e. The van der Waals surface area contributed by atoms with Crippen molar-refractivity contribution in [2.45, 2.75) is 4.90 Å². The Morgan fingerprint density at radius 3 is 2.15 bits per heavy atom. The summed E-state index contributed by atoms with van der Waals surface area (Å²) in [5, 5.41) is 10.4. The number of hydrogen-bond donors (Lipinski definition) is 2. The molecule has 2 aromatic carbocycles. The maximum Gasteiger partial charge on any atom is 0.277 e. The van der Waals surface area contributed by atoms with Gasteiger partial charge in [0.05, 0.1) is 16.3 Å². The summed E-state index contributed by atoms with van der Waals surface area (Å²) in [6.07, 6.45) is 0. The Bertz CT molecular complexity index is 711. The van der Waals surface area contributed by atoms with Crippen LogP contribution in [0.15, 0.2) is 74.9 Å². The molecule has 7 nitrogen and oxygen atoms in total. The van der Waals surface area contributed by atoms with Crippen LogP contribution in [0.25, 0.3) is 0 Å². The van der Waals surface area contributed by atoms with Crippen molar-refractivity contribution in [3.8, 4) is 0 Å². The van der Waals surface area contributed by atoms with Crippen molar-refractivity contribution in [3.05, 3.63) is 54.6 Å². The van der Waals surface area contributed by atoms with Gasteiger partial charge in [0.2, 0.25) is 0 Å². The Balaban J connectivity index is 2.11. The summed E-state index contributed by atoms with van der Waals surface area (Å²) < 4.78 is 23.8. The van der Waals surface area contributed by atoms with E-state index in [0.717, 1.165) is 0 Å². The number of hydrogen-bond acceptors (Lipinski definition) is 6. The van der Waals surface area contributed by atoms with Gasteiger partial charge in [0, 0.05) is 0 Å². The minimum absolute atomic E-state index is 0.0249. The molecule has 0 aliphatic rings. The fourth-order valence-electron chi connectivity index (χ4n) is 1.38. The normalized spacial score (nSPS) is 11.4. The molecular weight excluding hydrogens is 278 g/mol. The Labute approximate surface area is 115 Å². The highest BCUT2D eigenvalue weighted by molar-refractivity contribution is 7.89. The molecule has 2 aromatic rings. The van der Waals surface area contributed by atoms with Crippen LogP contribution in [-0.2, 0) is 10.0 Å². The second-order valence-electron chi connectivity index (χ2n) is 3.74. The third-order valence-corrected chi connectivity index (χ3v) is 3.57. The lowest BCUT2D eigenvalue weighted by Crippen LogP contribution is -2.17. The van der Waals surface area contributed by atoms with Gasteiger partial charge >= 0.3 is 0 Å². The van der Waals surface area contributed by atoms with E-state index in [-0.39, 0.29) is 4.90 Å². The van der Waals surface area contributed by atoms with Gasteiger partial charge in [-0.05, 0) is 36.4 Å². The van der Waals surface area contributed by atoms with Crippen molar-refractivity contribution in [1.29, 1.82) is 5.53 Å². The molecule has 0 aromatic heterocycles. The Hall–Kier alpha value is -2.61. The maximum atomic E-state index is 11.9. The molecule has 0 heterocycles. The fourth-order valence-corrected chi connectivity index (χ4v) is 2.13. The summed E-state index contributed by atoms with van der Waals surface area (Å²) in [5.74, 6) is 0. The van der Waals surface area contributed by atoms with E-state index in [1.165, 1.54) is 24.3 Å². The van der Waals surface area contributed by atoms with Crippen LogP contribution in [0, 0.1) is 5.53 Å². The molecule has 0 saturated carbocycles. The van der Waals surface area contributed by atoms with Crippen LogP contribution in [0.2, 0.25) is 0 Å². The molecule has 20 heavy (non-hydrogen) atoms. The van der Waals surface area contributed by atoms with Crippen molar-refractivity contribution in [3.63, 3.8) is 0 Å². The largest absolute Gasteiger partial charge is 0.277 e. The lowest BCUT2D eigenvalue weighted by molar-refractivity contribution is 0.582. The smallest absolute Gasteiger partial charge is 0.204 e. The van der Waals surface area contributed by atoms with Gasteiger partial charge in [0.1, 0.15) is 0 Å². The first-order valence-electron chi connectivity index (χ1n) is 5.57. The van der Waals surface area contributed by atoms with Gasteiger partial charge in [0.25, 0.3) is 10.0 Å². The highest BCUT2D eigenvalue weighted by atomic mass is 32.2. The average Bonchev–Trinajstić information content (AvgIpc) is 2.48. The Morgan fingerprint density at radius 2 is 1.55 bits per heavy atom. The number of rotatable bonds is 5. The van der Waals surface area contributed by atoms with E-state index in [1.54, 1.807) is 24.3 Å². The summed E-state index contributed by atoms with van der Waals surface area (Å²) in [5.41, 5.74) is 7.71. The van der Waals surface area contributed by atoms with Crippen LogP contribution < -0.4 is 4.83 Å². The van der Waals surface area contributed by atoms with Crippen molar-refractivity contribution in [1.82, 2.24) is 4.83 Å². The molecule has 0 saturated heterocycles. The molecule has 0 spiro atoms. The zero-order valence-electron chi connectivity index (χ0n) is 10.3. The van der Waals surface area contributed by atoms with Crippen molar-refractivity contribution in [2.24, 2.45) is 15.5 Å². The molecule has 0 aliphatic carbocycles. The highest BCUT2D eigenvalue weighted by Gasteiger charge is 2.12. The predicted octanol–water partition coefficient (Wildman–Crippen LogP) is 3.33. The third kappa shape index (κ3) is 3.45. The standard InChI is InChI=1S/C12H11N5O2S/c13-14-10-6-8-12(9-7-10)20(18,19)17-16-15-11-4-2-1-3-5-11/h1-9,13H,(H,15,17). The first-order chi connectivity index (χ1) is 9.62. The Kier molecular flexibility index (Phi) is 4.16. The first kappa shape index (κ1) is 13.8. The first-order valence-corrected chi connectivity index (χ1v) is 7.05. The lowest BCUT2D eigenvalue weighted by atomic mass is 10.3. The molecule has 0 unspecified atom stereocenters. The van der Waals surface area contributed by atoms with Gasteiger partial charge < -0.3 is 0 Å². The van der Waals surface area contributed by atoms with Crippen LogP contribution in [0.3, 0.4) is 0 Å². The zero-order valence-corrected chi connectivity index (χ0v) is 11.1. The fraction of sp³-hybridized carbons (Fsp3) is 0. The van der Waals surface area contributed by atoms with Gasteiger partial charge in [0.15, 0.2) is 0 Å². The SMILES string of the molecule is N=Nc1ccc(S(=O)(=O)NN=Nc2ccccc2)cc1. The zero-order chi connectivity index (χ0) is 14.4. The molecule has 2 N–H and O–H groups in total. The van der Waals surface area contributed by atoms with Crippen LogP contribution in [-0.4, -0.2) is 8.42 Å². The molecule has 2 rings (SSSR count). The molecule has 0 amide bonds. The lowest BCUT2D eigenvalue weighted by Gasteiger charge is -2.02. The van der Waals surface area contributed by atoms with E-state index >= 15 is 0 Å². The number of nitrogens with one attached hydrogen (secondary N) is 2. The summed E-state index contributed by atoms with van der Waals surface area (Å²) in [4.78, 5) is 2.04. The minimum atomic E-state index is -3.77. The second kappa shape index (κ2) is 6.02. The number of sulfonamides is 1. The van der Waals surface area contributed by atoms with E-state index in [9.17, 15) is 8.42 Å². The Morgan fingerprint density at radius 1 is 0.900 bits per heavy atom. The third-order valence-electron chi connectivity index (χ3n) is 2.36. The number of nitrogens with zero attached hydrogens (tertiary/aromatic N) is 3.